The van der Waals surface area contributed by atoms with E-state index in [0.29, 0.717) is 24.9 Å². The molecule has 0 aliphatic carbocycles. The first-order valence-corrected chi connectivity index (χ1v) is 6.94. The van der Waals surface area contributed by atoms with Crippen LogP contribution in [0, 0.1) is 5.82 Å². The SMILES string of the molecule is CC(C)NCc1ccc(N2CCOC(C)C2)c(F)c1. The molecule has 1 aliphatic heterocycles. The van der Waals surface area contributed by atoms with Crippen LogP contribution in [0.5, 0.6) is 0 Å². The third kappa shape index (κ3) is 3.91. The zero-order chi connectivity index (χ0) is 13.8. The highest BCUT2D eigenvalue weighted by Crippen LogP contribution is 2.22. The first kappa shape index (κ1) is 14.3. The lowest BCUT2D eigenvalue weighted by Crippen LogP contribution is -2.41. The van der Waals surface area contributed by atoms with Crippen LogP contribution < -0.4 is 10.2 Å². The summed E-state index contributed by atoms with van der Waals surface area (Å²) in [6, 6.07) is 5.91. The van der Waals surface area contributed by atoms with Crippen molar-refractivity contribution in [3.05, 3.63) is 29.6 Å². The van der Waals surface area contributed by atoms with Crippen molar-refractivity contribution in [1.82, 2.24) is 5.32 Å². The lowest BCUT2D eigenvalue weighted by Gasteiger charge is -2.33. The number of morpholine rings is 1. The van der Waals surface area contributed by atoms with Gasteiger partial charge in [-0.25, -0.2) is 4.39 Å². The van der Waals surface area contributed by atoms with E-state index in [-0.39, 0.29) is 11.9 Å². The third-order valence-electron chi connectivity index (χ3n) is 3.31. The Labute approximate surface area is 114 Å². The summed E-state index contributed by atoms with van der Waals surface area (Å²) in [6.45, 7) is 9.06. The summed E-state index contributed by atoms with van der Waals surface area (Å²) < 4.78 is 19.7. The summed E-state index contributed by atoms with van der Waals surface area (Å²) in [6.07, 6.45) is 0.162. The topological polar surface area (TPSA) is 24.5 Å². The van der Waals surface area contributed by atoms with Gasteiger partial charge in [0.15, 0.2) is 0 Å². The Morgan fingerprint density at radius 2 is 2.26 bits per heavy atom. The quantitative estimate of drug-likeness (QED) is 0.906. The Bertz CT molecular complexity index is 423. The van der Waals surface area contributed by atoms with Gasteiger partial charge in [0.05, 0.1) is 18.4 Å². The highest BCUT2D eigenvalue weighted by atomic mass is 19.1. The third-order valence-corrected chi connectivity index (χ3v) is 3.31. The Balaban J connectivity index is 2.06. The number of halogens is 1. The van der Waals surface area contributed by atoms with Crippen LogP contribution in [0.4, 0.5) is 10.1 Å². The fourth-order valence-electron chi connectivity index (χ4n) is 2.28. The van der Waals surface area contributed by atoms with Crippen LogP contribution >= 0.6 is 0 Å². The summed E-state index contributed by atoms with van der Waals surface area (Å²) in [5, 5.41) is 3.29. The van der Waals surface area contributed by atoms with E-state index in [4.69, 9.17) is 4.74 Å². The molecule has 19 heavy (non-hydrogen) atoms. The first-order chi connectivity index (χ1) is 9.06. The van der Waals surface area contributed by atoms with Crippen LogP contribution in [0.2, 0.25) is 0 Å². The Hall–Kier alpha value is -1.13. The fraction of sp³-hybridized carbons (Fsp3) is 0.600. The van der Waals surface area contributed by atoms with Gasteiger partial charge < -0.3 is 15.0 Å². The summed E-state index contributed by atoms with van der Waals surface area (Å²) in [5.41, 5.74) is 1.67. The first-order valence-electron chi connectivity index (χ1n) is 6.94. The molecular weight excluding hydrogens is 243 g/mol. The molecule has 0 aromatic heterocycles. The van der Waals surface area contributed by atoms with Gasteiger partial charge in [-0.15, -0.1) is 0 Å². The zero-order valence-corrected chi connectivity index (χ0v) is 11.9. The van der Waals surface area contributed by atoms with E-state index >= 15 is 0 Å². The number of nitrogens with zero attached hydrogens (tertiary/aromatic N) is 1. The molecule has 1 N–H and O–H groups in total. The van der Waals surface area contributed by atoms with Gasteiger partial charge in [0.2, 0.25) is 0 Å². The lowest BCUT2D eigenvalue weighted by molar-refractivity contribution is 0.0530. The minimum Gasteiger partial charge on any atom is -0.375 e. The monoisotopic (exact) mass is 266 g/mol. The highest BCUT2D eigenvalue weighted by molar-refractivity contribution is 5.49. The van der Waals surface area contributed by atoms with Gasteiger partial charge in [0, 0.05) is 25.7 Å². The van der Waals surface area contributed by atoms with Crippen molar-refractivity contribution in [2.75, 3.05) is 24.6 Å². The number of benzene rings is 1. The molecule has 1 heterocycles. The number of ether oxygens (including phenoxy) is 1. The minimum absolute atomic E-state index is 0.142. The molecule has 1 aliphatic rings. The number of anilines is 1. The van der Waals surface area contributed by atoms with Crippen LogP contribution in [-0.2, 0) is 11.3 Å². The van der Waals surface area contributed by atoms with E-state index in [1.807, 2.05) is 19.1 Å². The minimum atomic E-state index is -0.142. The molecule has 0 saturated carbocycles. The van der Waals surface area contributed by atoms with E-state index in [2.05, 4.69) is 24.1 Å². The van der Waals surface area contributed by atoms with Crippen molar-refractivity contribution in [3.63, 3.8) is 0 Å². The van der Waals surface area contributed by atoms with Crippen molar-refractivity contribution in [2.24, 2.45) is 0 Å². The summed E-state index contributed by atoms with van der Waals surface area (Å²) >= 11 is 0. The van der Waals surface area contributed by atoms with Crippen LogP contribution in [0.3, 0.4) is 0 Å². The molecule has 1 fully saturated rings. The molecule has 1 unspecified atom stereocenters. The smallest absolute Gasteiger partial charge is 0.146 e. The predicted molar refractivity (Wildman–Crippen MR) is 76.0 cm³/mol. The molecule has 1 saturated heterocycles. The molecule has 106 valence electrons. The van der Waals surface area contributed by atoms with Crippen molar-refractivity contribution in [2.45, 2.75) is 39.5 Å². The summed E-state index contributed by atoms with van der Waals surface area (Å²) in [5.74, 6) is -0.142. The maximum Gasteiger partial charge on any atom is 0.146 e. The second-order valence-electron chi connectivity index (χ2n) is 5.45. The molecule has 4 heteroatoms. The normalized spacial score (nSPS) is 20.1. The van der Waals surface area contributed by atoms with Gasteiger partial charge in [-0.1, -0.05) is 19.9 Å². The maximum atomic E-state index is 14.2. The van der Waals surface area contributed by atoms with Crippen molar-refractivity contribution < 1.29 is 9.13 Å². The summed E-state index contributed by atoms with van der Waals surface area (Å²) in [4.78, 5) is 2.06. The second-order valence-corrected chi connectivity index (χ2v) is 5.45. The van der Waals surface area contributed by atoms with Gasteiger partial charge >= 0.3 is 0 Å². The standard InChI is InChI=1S/C15H23FN2O/c1-11(2)17-9-13-4-5-15(14(16)8-13)18-6-7-19-12(3)10-18/h4-5,8,11-12,17H,6-7,9-10H2,1-3H3. The Morgan fingerprint density at radius 3 is 2.89 bits per heavy atom. The predicted octanol–water partition coefficient (Wildman–Crippen LogP) is 2.55. The van der Waals surface area contributed by atoms with E-state index in [1.165, 1.54) is 0 Å². The largest absolute Gasteiger partial charge is 0.375 e. The van der Waals surface area contributed by atoms with Gasteiger partial charge in [0.25, 0.3) is 0 Å². The van der Waals surface area contributed by atoms with E-state index in [1.54, 1.807) is 6.07 Å². The number of rotatable bonds is 4. The van der Waals surface area contributed by atoms with Gasteiger partial charge in [-0.05, 0) is 24.6 Å². The molecule has 0 amide bonds. The van der Waals surface area contributed by atoms with Gasteiger partial charge in [-0.3, -0.25) is 0 Å². The van der Waals surface area contributed by atoms with Crippen LogP contribution in [0.1, 0.15) is 26.3 Å². The van der Waals surface area contributed by atoms with E-state index in [0.717, 1.165) is 18.7 Å². The molecular formula is C15H23FN2O. The number of nitrogens with one attached hydrogen (secondary N) is 1. The van der Waals surface area contributed by atoms with Gasteiger partial charge in [0.1, 0.15) is 5.82 Å². The van der Waals surface area contributed by atoms with E-state index < -0.39 is 0 Å². The lowest BCUT2D eigenvalue weighted by atomic mass is 10.1. The summed E-state index contributed by atoms with van der Waals surface area (Å²) in [7, 11) is 0. The highest BCUT2D eigenvalue weighted by Gasteiger charge is 2.19. The molecule has 2 rings (SSSR count). The van der Waals surface area contributed by atoms with Crippen molar-refractivity contribution in [1.29, 1.82) is 0 Å². The number of hydrogen-bond acceptors (Lipinski definition) is 3. The Morgan fingerprint density at radius 1 is 1.47 bits per heavy atom. The maximum absolute atomic E-state index is 14.2. The molecule has 1 atom stereocenters. The average Bonchev–Trinajstić information content (AvgIpc) is 2.36. The van der Waals surface area contributed by atoms with Crippen molar-refractivity contribution in [3.8, 4) is 0 Å². The van der Waals surface area contributed by atoms with Crippen LogP contribution in [0.25, 0.3) is 0 Å². The average molecular weight is 266 g/mol. The second kappa shape index (κ2) is 6.35. The molecule has 0 bridgehead atoms. The van der Waals surface area contributed by atoms with Crippen LogP contribution in [-0.4, -0.2) is 31.8 Å². The van der Waals surface area contributed by atoms with Crippen molar-refractivity contribution >= 4 is 5.69 Å². The van der Waals surface area contributed by atoms with Gasteiger partial charge in [-0.2, -0.15) is 0 Å². The molecule has 3 nitrogen and oxygen atoms in total. The Kier molecular flexibility index (Phi) is 4.77. The molecule has 1 aromatic rings. The molecule has 0 radical (unpaired) electrons. The van der Waals surface area contributed by atoms with E-state index in [9.17, 15) is 4.39 Å². The fourth-order valence-corrected chi connectivity index (χ4v) is 2.28. The molecule has 0 spiro atoms. The zero-order valence-electron chi connectivity index (χ0n) is 11.9. The number of hydrogen-bond donors (Lipinski definition) is 1. The van der Waals surface area contributed by atoms with Crippen LogP contribution in [0.15, 0.2) is 18.2 Å². The molecule has 1 aromatic carbocycles.